The van der Waals surface area contributed by atoms with Crippen LogP contribution in [0.2, 0.25) is 5.02 Å². The minimum atomic E-state index is -0.207. The average Bonchev–Trinajstić information content (AvgIpc) is 2.89. The monoisotopic (exact) mass is 510 g/mol. The van der Waals surface area contributed by atoms with E-state index in [9.17, 15) is 14.0 Å². The van der Waals surface area contributed by atoms with E-state index in [1.165, 1.54) is 12.1 Å². The maximum absolute atomic E-state index is 14.1. The molecule has 0 radical (unpaired) electrons. The van der Waals surface area contributed by atoms with Crippen molar-refractivity contribution in [3.63, 3.8) is 0 Å². The van der Waals surface area contributed by atoms with Gasteiger partial charge in [-0.05, 0) is 30.3 Å². The summed E-state index contributed by atoms with van der Waals surface area (Å²) in [6.07, 6.45) is 0. The number of carbonyl (C=O) groups excluding carboxylic acids is 1. The molecule has 0 unspecified atom stereocenters. The zero-order chi connectivity index (χ0) is 25.1. The van der Waals surface area contributed by atoms with Crippen molar-refractivity contribution < 1.29 is 9.18 Å². The SMILES string of the molecule is O=C(c1cccc(Cl)c1)N1CCN(c2nc(CN3CCN(c4ccccc4F)CC3)cc(=O)[nH]2)CC1. The first-order valence-electron chi connectivity index (χ1n) is 12.1. The average molecular weight is 511 g/mol. The van der Waals surface area contributed by atoms with Crippen LogP contribution in [-0.4, -0.2) is 78.0 Å². The number of piperazine rings is 2. The van der Waals surface area contributed by atoms with Gasteiger partial charge >= 0.3 is 0 Å². The van der Waals surface area contributed by atoms with Crippen LogP contribution in [-0.2, 0) is 6.54 Å². The lowest BCUT2D eigenvalue weighted by molar-refractivity contribution is 0.0746. The molecule has 2 aliphatic heterocycles. The molecule has 0 saturated carbocycles. The van der Waals surface area contributed by atoms with Gasteiger partial charge in [0.2, 0.25) is 5.95 Å². The zero-order valence-electron chi connectivity index (χ0n) is 19.9. The third-order valence-corrected chi connectivity index (χ3v) is 6.91. The highest BCUT2D eigenvalue weighted by molar-refractivity contribution is 6.30. The molecule has 1 amide bonds. The molecule has 3 aromatic rings. The second-order valence-electron chi connectivity index (χ2n) is 9.06. The second kappa shape index (κ2) is 10.7. The first-order valence-corrected chi connectivity index (χ1v) is 12.5. The second-order valence-corrected chi connectivity index (χ2v) is 9.50. The fourth-order valence-corrected chi connectivity index (χ4v) is 4.92. The lowest BCUT2D eigenvalue weighted by atomic mass is 10.2. The largest absolute Gasteiger partial charge is 0.367 e. The van der Waals surface area contributed by atoms with Crippen LogP contribution in [0.15, 0.2) is 59.4 Å². The summed E-state index contributed by atoms with van der Waals surface area (Å²) < 4.78 is 14.1. The Labute approximate surface area is 213 Å². The Kier molecular flexibility index (Phi) is 7.20. The van der Waals surface area contributed by atoms with Crippen molar-refractivity contribution in [3.05, 3.63) is 87.0 Å². The molecule has 5 rings (SSSR count). The number of hydrogen-bond donors (Lipinski definition) is 1. The highest BCUT2D eigenvalue weighted by atomic mass is 35.5. The van der Waals surface area contributed by atoms with Crippen molar-refractivity contribution in [1.29, 1.82) is 0 Å². The number of H-pyrrole nitrogens is 1. The summed E-state index contributed by atoms with van der Waals surface area (Å²) in [6, 6.07) is 15.3. The normalized spacial score (nSPS) is 16.9. The van der Waals surface area contributed by atoms with E-state index in [1.807, 2.05) is 15.9 Å². The van der Waals surface area contributed by atoms with Gasteiger partial charge in [-0.2, -0.15) is 0 Å². The lowest BCUT2D eigenvalue weighted by Crippen LogP contribution is -2.49. The topological polar surface area (TPSA) is 75.8 Å². The molecule has 36 heavy (non-hydrogen) atoms. The van der Waals surface area contributed by atoms with Crippen molar-refractivity contribution in [2.24, 2.45) is 0 Å². The Morgan fingerprint density at radius 1 is 0.917 bits per heavy atom. The molecule has 3 heterocycles. The van der Waals surface area contributed by atoms with E-state index in [1.54, 1.807) is 41.3 Å². The summed E-state index contributed by atoms with van der Waals surface area (Å²) in [5.74, 6) is 0.264. The maximum Gasteiger partial charge on any atom is 0.254 e. The number of benzene rings is 2. The van der Waals surface area contributed by atoms with E-state index >= 15 is 0 Å². The highest BCUT2D eigenvalue weighted by Crippen LogP contribution is 2.21. The number of nitrogens with zero attached hydrogens (tertiary/aromatic N) is 5. The molecule has 1 aromatic heterocycles. The van der Waals surface area contributed by atoms with Gasteiger partial charge in [0.05, 0.1) is 11.4 Å². The molecule has 2 aromatic carbocycles. The molecule has 2 fully saturated rings. The molecular weight excluding hydrogens is 483 g/mol. The number of rotatable bonds is 5. The predicted molar refractivity (Wildman–Crippen MR) is 138 cm³/mol. The van der Waals surface area contributed by atoms with Crippen LogP contribution < -0.4 is 15.4 Å². The number of hydrogen-bond acceptors (Lipinski definition) is 6. The van der Waals surface area contributed by atoms with Gasteiger partial charge in [0.15, 0.2) is 0 Å². The van der Waals surface area contributed by atoms with Gasteiger partial charge < -0.3 is 14.7 Å². The fraction of sp³-hybridized carbons (Fsp3) is 0.346. The van der Waals surface area contributed by atoms with Crippen LogP contribution in [0.5, 0.6) is 0 Å². The number of halogens is 2. The minimum absolute atomic E-state index is 0.0538. The number of nitrogens with one attached hydrogen (secondary N) is 1. The van der Waals surface area contributed by atoms with Gasteiger partial charge in [-0.3, -0.25) is 19.5 Å². The molecule has 188 valence electrons. The van der Waals surface area contributed by atoms with E-state index < -0.39 is 0 Å². The summed E-state index contributed by atoms with van der Waals surface area (Å²) in [4.78, 5) is 40.8. The van der Waals surface area contributed by atoms with E-state index in [2.05, 4.69) is 9.88 Å². The van der Waals surface area contributed by atoms with Gasteiger partial charge in [0.1, 0.15) is 5.82 Å². The summed E-state index contributed by atoms with van der Waals surface area (Å²) in [5, 5.41) is 0.534. The van der Waals surface area contributed by atoms with Crippen LogP contribution in [0.1, 0.15) is 16.1 Å². The van der Waals surface area contributed by atoms with Crippen LogP contribution in [0.3, 0.4) is 0 Å². The van der Waals surface area contributed by atoms with Crippen molar-refractivity contribution in [3.8, 4) is 0 Å². The van der Waals surface area contributed by atoms with Crippen LogP contribution in [0.25, 0.3) is 0 Å². The van der Waals surface area contributed by atoms with Gasteiger partial charge in [-0.15, -0.1) is 0 Å². The highest BCUT2D eigenvalue weighted by Gasteiger charge is 2.24. The van der Waals surface area contributed by atoms with Crippen molar-refractivity contribution in [1.82, 2.24) is 19.8 Å². The number of anilines is 2. The summed E-state index contributed by atoms with van der Waals surface area (Å²) in [5.41, 5.74) is 1.70. The number of aromatic nitrogens is 2. The Hall–Kier alpha value is -3.43. The van der Waals surface area contributed by atoms with Crippen LogP contribution in [0, 0.1) is 5.82 Å². The maximum atomic E-state index is 14.1. The summed E-state index contributed by atoms with van der Waals surface area (Å²) in [7, 11) is 0. The molecule has 2 saturated heterocycles. The number of amides is 1. The van der Waals surface area contributed by atoms with Crippen molar-refractivity contribution in [2.75, 3.05) is 62.2 Å². The number of aromatic amines is 1. The minimum Gasteiger partial charge on any atom is -0.367 e. The van der Waals surface area contributed by atoms with E-state index in [-0.39, 0.29) is 17.3 Å². The molecular formula is C26H28ClFN6O2. The van der Waals surface area contributed by atoms with Crippen molar-refractivity contribution >= 4 is 29.1 Å². The van der Waals surface area contributed by atoms with E-state index in [0.29, 0.717) is 73.7 Å². The Bertz CT molecular complexity index is 1290. The van der Waals surface area contributed by atoms with Gasteiger partial charge in [-0.25, -0.2) is 9.37 Å². The molecule has 0 bridgehead atoms. The Morgan fingerprint density at radius 2 is 1.64 bits per heavy atom. The Morgan fingerprint density at radius 3 is 2.36 bits per heavy atom. The quantitative estimate of drug-likeness (QED) is 0.569. The third kappa shape index (κ3) is 5.52. The van der Waals surface area contributed by atoms with Gasteiger partial charge in [-0.1, -0.05) is 29.8 Å². The van der Waals surface area contributed by atoms with Crippen molar-refractivity contribution in [2.45, 2.75) is 6.54 Å². The number of carbonyl (C=O) groups is 1. The Balaban J connectivity index is 1.18. The van der Waals surface area contributed by atoms with Crippen LogP contribution in [0.4, 0.5) is 16.0 Å². The molecule has 0 aliphatic carbocycles. The van der Waals surface area contributed by atoms with Gasteiger partial charge in [0.25, 0.3) is 11.5 Å². The molecule has 0 atom stereocenters. The van der Waals surface area contributed by atoms with E-state index in [4.69, 9.17) is 16.6 Å². The molecule has 8 nitrogen and oxygen atoms in total. The molecule has 1 N–H and O–H groups in total. The molecule has 0 spiro atoms. The lowest BCUT2D eigenvalue weighted by Gasteiger charge is -2.36. The number of para-hydroxylation sites is 1. The smallest absolute Gasteiger partial charge is 0.254 e. The predicted octanol–water partition coefficient (Wildman–Crippen LogP) is 2.85. The summed E-state index contributed by atoms with van der Waals surface area (Å²) >= 11 is 6.03. The summed E-state index contributed by atoms with van der Waals surface area (Å²) in [6.45, 7) is 5.66. The fourth-order valence-electron chi connectivity index (χ4n) is 4.73. The zero-order valence-corrected chi connectivity index (χ0v) is 20.6. The standard InChI is InChI=1S/C26H28ClFN6O2/c27-20-5-3-4-19(16-20)25(36)33-12-14-34(15-13-33)26-29-21(17-24(35)30-26)18-31-8-10-32(11-9-31)23-7-2-1-6-22(23)28/h1-7,16-17H,8-15,18H2,(H,29,30,35). The molecule has 2 aliphatic rings. The van der Waals surface area contributed by atoms with E-state index in [0.717, 1.165) is 13.1 Å². The third-order valence-electron chi connectivity index (χ3n) is 6.67. The van der Waals surface area contributed by atoms with Crippen LogP contribution >= 0.6 is 11.6 Å². The molecule has 10 heteroatoms. The van der Waals surface area contributed by atoms with Gasteiger partial charge in [0, 0.05) is 75.6 Å². The first kappa shape index (κ1) is 24.3. The first-order chi connectivity index (χ1) is 17.5.